The fraction of sp³-hybridized carbons (Fsp3) is 0.444. The van der Waals surface area contributed by atoms with Crippen molar-refractivity contribution in [1.29, 1.82) is 0 Å². The van der Waals surface area contributed by atoms with Crippen LogP contribution >= 0.6 is 0 Å². The van der Waals surface area contributed by atoms with Gasteiger partial charge in [-0.05, 0) is 6.07 Å². The number of nitrogens with zero attached hydrogens (tertiary/aromatic N) is 3. The van der Waals surface area contributed by atoms with Gasteiger partial charge in [-0.15, -0.1) is 0 Å². The molecule has 6 heteroatoms. The topological polar surface area (TPSA) is 67.2 Å². The van der Waals surface area contributed by atoms with Gasteiger partial charge in [-0.25, -0.2) is 0 Å². The number of carbonyl (C=O) groups is 2. The van der Waals surface area contributed by atoms with Gasteiger partial charge in [-0.2, -0.15) is 5.10 Å². The molecule has 0 radical (unpaired) electrons. The fourth-order valence-electron chi connectivity index (χ4n) is 1.50. The smallest absolute Gasteiger partial charge is 0.274 e. The van der Waals surface area contributed by atoms with E-state index in [-0.39, 0.29) is 18.4 Å². The summed E-state index contributed by atoms with van der Waals surface area (Å²) in [5.41, 5.74) is 0.382. The highest BCUT2D eigenvalue weighted by Crippen LogP contribution is 2.03. The van der Waals surface area contributed by atoms with Crippen LogP contribution in [0.25, 0.3) is 0 Å². The molecular formula is C9H12N4O2. The number of amides is 2. The Bertz CT molecular complexity index is 399. The molecule has 0 bridgehead atoms. The highest BCUT2D eigenvalue weighted by molar-refractivity contribution is 5.95. The first-order valence-electron chi connectivity index (χ1n) is 4.72. The number of aromatic nitrogens is 2. The van der Waals surface area contributed by atoms with E-state index in [1.54, 1.807) is 24.0 Å². The Kier molecular flexibility index (Phi) is 2.40. The summed E-state index contributed by atoms with van der Waals surface area (Å²) in [5.74, 6) is -0.309. The van der Waals surface area contributed by atoms with Crippen molar-refractivity contribution in [3.8, 4) is 0 Å². The lowest BCUT2D eigenvalue weighted by Gasteiger charge is -2.25. The SMILES string of the molecule is Cn1ccc(C(=O)N2CCNC(=O)C2)n1. The van der Waals surface area contributed by atoms with E-state index >= 15 is 0 Å². The zero-order valence-electron chi connectivity index (χ0n) is 8.43. The van der Waals surface area contributed by atoms with Crippen LogP contribution in [0.1, 0.15) is 10.5 Å². The first-order valence-corrected chi connectivity index (χ1v) is 4.72. The normalized spacial score (nSPS) is 16.3. The van der Waals surface area contributed by atoms with E-state index in [0.717, 1.165) is 0 Å². The number of hydrogen-bond donors (Lipinski definition) is 1. The molecule has 0 aliphatic carbocycles. The largest absolute Gasteiger partial charge is 0.353 e. The molecule has 1 fully saturated rings. The molecule has 1 aliphatic heterocycles. The predicted octanol–water partition coefficient (Wildman–Crippen LogP) is -1.01. The fourth-order valence-corrected chi connectivity index (χ4v) is 1.50. The van der Waals surface area contributed by atoms with Gasteiger partial charge in [0.25, 0.3) is 5.91 Å². The molecule has 0 unspecified atom stereocenters. The number of piperazine rings is 1. The third-order valence-corrected chi connectivity index (χ3v) is 2.26. The maximum Gasteiger partial charge on any atom is 0.274 e. The van der Waals surface area contributed by atoms with Gasteiger partial charge in [0.1, 0.15) is 5.69 Å². The number of rotatable bonds is 1. The average Bonchev–Trinajstić information content (AvgIpc) is 2.64. The van der Waals surface area contributed by atoms with E-state index in [4.69, 9.17) is 0 Å². The lowest BCUT2D eigenvalue weighted by atomic mass is 10.3. The predicted molar refractivity (Wildman–Crippen MR) is 52.1 cm³/mol. The Morgan fingerprint density at radius 1 is 1.60 bits per heavy atom. The zero-order chi connectivity index (χ0) is 10.8. The van der Waals surface area contributed by atoms with Crippen LogP contribution in [0.2, 0.25) is 0 Å². The highest BCUT2D eigenvalue weighted by atomic mass is 16.2. The maximum absolute atomic E-state index is 11.8. The van der Waals surface area contributed by atoms with Crippen molar-refractivity contribution < 1.29 is 9.59 Å². The molecule has 80 valence electrons. The highest BCUT2D eigenvalue weighted by Gasteiger charge is 2.23. The summed E-state index contributed by atoms with van der Waals surface area (Å²) in [6.07, 6.45) is 1.71. The molecule has 1 aliphatic rings. The van der Waals surface area contributed by atoms with Crippen molar-refractivity contribution in [2.75, 3.05) is 19.6 Å². The van der Waals surface area contributed by atoms with E-state index < -0.39 is 0 Å². The lowest BCUT2D eigenvalue weighted by Crippen LogP contribution is -2.50. The molecule has 2 amide bonds. The molecule has 2 rings (SSSR count). The summed E-state index contributed by atoms with van der Waals surface area (Å²) in [6, 6.07) is 1.65. The van der Waals surface area contributed by atoms with Crippen LogP contribution in [0.5, 0.6) is 0 Å². The minimum absolute atomic E-state index is 0.120. The van der Waals surface area contributed by atoms with Crippen LogP contribution in [0.4, 0.5) is 0 Å². The van der Waals surface area contributed by atoms with Crippen LogP contribution in [-0.4, -0.2) is 46.1 Å². The van der Waals surface area contributed by atoms with E-state index in [2.05, 4.69) is 10.4 Å². The van der Waals surface area contributed by atoms with E-state index in [1.165, 1.54) is 4.90 Å². The molecule has 1 aromatic rings. The van der Waals surface area contributed by atoms with Crippen LogP contribution < -0.4 is 5.32 Å². The minimum Gasteiger partial charge on any atom is -0.353 e. The van der Waals surface area contributed by atoms with Crippen molar-refractivity contribution >= 4 is 11.8 Å². The van der Waals surface area contributed by atoms with Gasteiger partial charge in [0, 0.05) is 26.3 Å². The van der Waals surface area contributed by atoms with Gasteiger partial charge in [0.2, 0.25) is 5.91 Å². The molecule has 15 heavy (non-hydrogen) atoms. The van der Waals surface area contributed by atoms with Crippen molar-refractivity contribution in [3.63, 3.8) is 0 Å². The number of carbonyl (C=O) groups excluding carboxylic acids is 2. The molecule has 0 saturated carbocycles. The van der Waals surface area contributed by atoms with Crippen molar-refractivity contribution in [1.82, 2.24) is 20.0 Å². The quantitative estimate of drug-likeness (QED) is 0.643. The number of nitrogens with one attached hydrogen (secondary N) is 1. The van der Waals surface area contributed by atoms with Gasteiger partial charge in [-0.1, -0.05) is 0 Å². The van der Waals surface area contributed by atoms with Crippen LogP contribution in [-0.2, 0) is 11.8 Å². The summed E-state index contributed by atoms with van der Waals surface area (Å²) in [7, 11) is 1.75. The molecule has 1 aromatic heterocycles. The Morgan fingerprint density at radius 2 is 2.40 bits per heavy atom. The van der Waals surface area contributed by atoms with Crippen molar-refractivity contribution in [2.45, 2.75) is 0 Å². The molecule has 2 heterocycles. The third kappa shape index (κ3) is 1.98. The standard InChI is InChI=1S/C9H12N4O2/c1-12-4-2-7(11-12)9(15)13-5-3-10-8(14)6-13/h2,4H,3,5-6H2,1H3,(H,10,14). The number of aryl methyl sites for hydroxylation is 1. The summed E-state index contributed by atoms with van der Waals surface area (Å²) in [4.78, 5) is 24.4. The summed E-state index contributed by atoms with van der Waals surface area (Å²) < 4.78 is 1.57. The molecule has 6 nitrogen and oxygen atoms in total. The third-order valence-electron chi connectivity index (χ3n) is 2.26. The Balaban J connectivity index is 2.10. The minimum atomic E-state index is -0.189. The van der Waals surface area contributed by atoms with Gasteiger partial charge >= 0.3 is 0 Å². The molecule has 1 N–H and O–H groups in total. The van der Waals surface area contributed by atoms with Crippen LogP contribution in [0.15, 0.2) is 12.3 Å². The Hall–Kier alpha value is -1.85. The van der Waals surface area contributed by atoms with Crippen LogP contribution in [0.3, 0.4) is 0 Å². The van der Waals surface area contributed by atoms with Crippen LogP contribution in [0, 0.1) is 0 Å². The second-order valence-corrected chi connectivity index (χ2v) is 3.45. The number of hydrogen-bond acceptors (Lipinski definition) is 3. The zero-order valence-corrected chi connectivity index (χ0v) is 8.43. The second-order valence-electron chi connectivity index (χ2n) is 3.45. The van der Waals surface area contributed by atoms with E-state index in [1.807, 2.05) is 0 Å². The van der Waals surface area contributed by atoms with E-state index in [0.29, 0.717) is 18.8 Å². The van der Waals surface area contributed by atoms with Gasteiger partial charge in [-0.3, -0.25) is 14.3 Å². The first kappa shape index (κ1) is 9.70. The second kappa shape index (κ2) is 3.72. The van der Waals surface area contributed by atoms with E-state index in [9.17, 15) is 9.59 Å². The van der Waals surface area contributed by atoms with Gasteiger partial charge in [0.05, 0.1) is 6.54 Å². The Labute approximate surface area is 86.9 Å². The van der Waals surface area contributed by atoms with Crippen molar-refractivity contribution in [3.05, 3.63) is 18.0 Å². The summed E-state index contributed by atoms with van der Waals surface area (Å²) >= 11 is 0. The molecule has 1 saturated heterocycles. The Morgan fingerprint density at radius 3 is 3.00 bits per heavy atom. The maximum atomic E-state index is 11.8. The molecule has 0 spiro atoms. The summed E-state index contributed by atoms with van der Waals surface area (Å²) in [6.45, 7) is 1.17. The van der Waals surface area contributed by atoms with Gasteiger partial charge < -0.3 is 10.2 Å². The monoisotopic (exact) mass is 208 g/mol. The van der Waals surface area contributed by atoms with Crippen molar-refractivity contribution in [2.24, 2.45) is 7.05 Å². The first-order chi connectivity index (χ1) is 7.16. The van der Waals surface area contributed by atoms with Gasteiger partial charge in [0.15, 0.2) is 0 Å². The lowest BCUT2D eigenvalue weighted by molar-refractivity contribution is -0.123. The summed E-state index contributed by atoms with van der Waals surface area (Å²) in [5, 5.41) is 6.67. The molecular weight excluding hydrogens is 196 g/mol. The molecule has 0 atom stereocenters. The molecule has 0 aromatic carbocycles. The average molecular weight is 208 g/mol.